The van der Waals surface area contributed by atoms with E-state index in [-0.39, 0.29) is 24.0 Å². The average Bonchev–Trinajstić information content (AvgIpc) is 3.29. The van der Waals surface area contributed by atoms with E-state index in [0.29, 0.717) is 18.8 Å². The molecule has 4 rings (SSSR count). The van der Waals surface area contributed by atoms with Gasteiger partial charge >= 0.3 is 0 Å². The van der Waals surface area contributed by atoms with E-state index in [4.69, 9.17) is 14.5 Å². The van der Waals surface area contributed by atoms with Gasteiger partial charge in [-0.05, 0) is 32.1 Å². The van der Waals surface area contributed by atoms with Crippen molar-refractivity contribution in [3.05, 3.63) is 40.7 Å². The number of benzene rings is 1. The highest BCUT2D eigenvalue weighted by Crippen LogP contribution is 2.22. The summed E-state index contributed by atoms with van der Waals surface area (Å²) in [6, 6.07) is 10.3. The molecule has 0 aliphatic carbocycles. The third-order valence-corrected chi connectivity index (χ3v) is 6.61. The second-order valence-electron chi connectivity index (χ2n) is 7.90. The van der Waals surface area contributed by atoms with Crippen molar-refractivity contribution in [2.45, 2.75) is 50.9 Å². The lowest BCUT2D eigenvalue weighted by Crippen LogP contribution is -2.47. The summed E-state index contributed by atoms with van der Waals surface area (Å²) in [5.41, 5.74) is 2.19. The van der Waals surface area contributed by atoms with Crippen molar-refractivity contribution in [1.29, 1.82) is 0 Å². The predicted octanol–water partition coefficient (Wildman–Crippen LogP) is 4.55. The summed E-state index contributed by atoms with van der Waals surface area (Å²) in [5, 5.41) is 6.67. The van der Waals surface area contributed by atoms with Gasteiger partial charge in [0.2, 0.25) is 0 Å². The van der Waals surface area contributed by atoms with Crippen LogP contribution in [0, 0.1) is 0 Å². The molecule has 2 aromatic rings. The molecule has 2 aliphatic rings. The first kappa shape index (κ1) is 24.4. The molecule has 1 N–H and O–H groups in total. The fourth-order valence-electron chi connectivity index (χ4n) is 4.04. The molecule has 31 heavy (non-hydrogen) atoms. The van der Waals surface area contributed by atoms with Crippen molar-refractivity contribution in [1.82, 2.24) is 15.2 Å². The van der Waals surface area contributed by atoms with Gasteiger partial charge in [-0.15, -0.1) is 35.3 Å². The molecule has 2 fully saturated rings. The maximum Gasteiger partial charge on any atom is 0.193 e. The third-order valence-electron chi connectivity index (χ3n) is 5.76. The van der Waals surface area contributed by atoms with Gasteiger partial charge in [-0.25, -0.2) is 4.98 Å². The minimum Gasteiger partial charge on any atom is -0.376 e. The summed E-state index contributed by atoms with van der Waals surface area (Å²) in [5.74, 6) is 0.945. The Balaban J connectivity index is 0.00000272. The standard InChI is InChI=1S/C23H32N4O2S.HI/c1-24-23(25-15-22-26-21(17-30-22)18-7-3-2-4-8-18)27-12-10-19(11-13-27)29-16-20-9-5-6-14-28-20;/h2-4,7-8,17,19-20H,5-6,9-16H2,1H3,(H,24,25);1H. The molecule has 1 unspecified atom stereocenters. The smallest absolute Gasteiger partial charge is 0.193 e. The Morgan fingerprint density at radius 3 is 2.74 bits per heavy atom. The summed E-state index contributed by atoms with van der Waals surface area (Å²) >= 11 is 1.68. The number of thiazole rings is 1. The summed E-state index contributed by atoms with van der Waals surface area (Å²) in [4.78, 5) is 11.6. The molecule has 8 heteroatoms. The van der Waals surface area contributed by atoms with Gasteiger partial charge in [0.25, 0.3) is 0 Å². The molecule has 6 nitrogen and oxygen atoms in total. The van der Waals surface area contributed by atoms with Gasteiger partial charge in [0, 0.05) is 37.7 Å². The number of hydrogen-bond donors (Lipinski definition) is 1. The monoisotopic (exact) mass is 556 g/mol. The van der Waals surface area contributed by atoms with Gasteiger partial charge in [0.05, 0.1) is 31.1 Å². The van der Waals surface area contributed by atoms with Crippen LogP contribution in [0.4, 0.5) is 0 Å². The number of ether oxygens (including phenoxy) is 2. The predicted molar refractivity (Wildman–Crippen MR) is 137 cm³/mol. The summed E-state index contributed by atoms with van der Waals surface area (Å²) < 4.78 is 11.9. The van der Waals surface area contributed by atoms with Crippen LogP contribution in [-0.2, 0) is 16.0 Å². The van der Waals surface area contributed by atoms with Crippen LogP contribution in [-0.4, -0.2) is 61.4 Å². The molecule has 2 saturated heterocycles. The zero-order chi connectivity index (χ0) is 20.6. The minimum atomic E-state index is 0. The van der Waals surface area contributed by atoms with E-state index in [1.54, 1.807) is 11.3 Å². The number of hydrogen-bond acceptors (Lipinski definition) is 5. The lowest BCUT2D eigenvalue weighted by Gasteiger charge is -2.35. The number of aromatic nitrogens is 1. The van der Waals surface area contributed by atoms with E-state index >= 15 is 0 Å². The van der Waals surface area contributed by atoms with E-state index in [9.17, 15) is 0 Å². The molecule has 0 spiro atoms. The molecule has 170 valence electrons. The highest BCUT2D eigenvalue weighted by molar-refractivity contribution is 14.0. The lowest BCUT2D eigenvalue weighted by molar-refractivity contribution is -0.0721. The first-order valence-electron chi connectivity index (χ1n) is 11.0. The molecular formula is C23H33IN4O2S. The Bertz CT molecular complexity index is 803. The molecular weight excluding hydrogens is 523 g/mol. The fraction of sp³-hybridized carbons (Fsp3) is 0.565. The van der Waals surface area contributed by atoms with Gasteiger partial charge in [-0.1, -0.05) is 30.3 Å². The highest BCUT2D eigenvalue weighted by atomic mass is 127. The van der Waals surface area contributed by atoms with Gasteiger partial charge < -0.3 is 19.7 Å². The molecule has 3 heterocycles. The van der Waals surface area contributed by atoms with Gasteiger partial charge in [-0.3, -0.25) is 4.99 Å². The molecule has 1 atom stereocenters. The normalized spacial score (nSPS) is 20.4. The van der Waals surface area contributed by atoms with E-state index in [0.717, 1.165) is 67.8 Å². The van der Waals surface area contributed by atoms with E-state index in [2.05, 4.69) is 32.7 Å². The van der Waals surface area contributed by atoms with Crippen LogP contribution in [0.2, 0.25) is 0 Å². The van der Waals surface area contributed by atoms with E-state index < -0.39 is 0 Å². The Kier molecular flexibility index (Phi) is 10.0. The molecule has 2 aliphatic heterocycles. The van der Waals surface area contributed by atoms with Gasteiger partial charge in [0.1, 0.15) is 5.01 Å². The number of likely N-dealkylation sites (tertiary alicyclic amines) is 1. The quantitative estimate of drug-likeness (QED) is 0.322. The average molecular weight is 557 g/mol. The topological polar surface area (TPSA) is 59.0 Å². The second kappa shape index (κ2) is 12.7. The number of rotatable bonds is 6. The molecule has 1 aromatic carbocycles. The third kappa shape index (κ3) is 7.13. The molecule has 1 aromatic heterocycles. The fourth-order valence-corrected chi connectivity index (χ4v) is 4.78. The lowest BCUT2D eigenvalue weighted by atomic mass is 10.1. The van der Waals surface area contributed by atoms with Crippen LogP contribution < -0.4 is 5.32 Å². The Morgan fingerprint density at radius 1 is 1.23 bits per heavy atom. The van der Waals surface area contributed by atoms with Crippen molar-refractivity contribution in [3.63, 3.8) is 0 Å². The minimum absolute atomic E-state index is 0. The van der Waals surface area contributed by atoms with Crippen molar-refractivity contribution in [2.24, 2.45) is 4.99 Å². The van der Waals surface area contributed by atoms with Crippen LogP contribution in [0.3, 0.4) is 0 Å². The van der Waals surface area contributed by atoms with Crippen molar-refractivity contribution in [3.8, 4) is 11.3 Å². The Morgan fingerprint density at radius 2 is 2.03 bits per heavy atom. The maximum absolute atomic E-state index is 6.14. The Hall–Kier alpha value is -1.23. The van der Waals surface area contributed by atoms with E-state index in [1.807, 2.05) is 25.2 Å². The van der Waals surface area contributed by atoms with Gasteiger partial charge in [0.15, 0.2) is 5.96 Å². The molecule has 0 amide bonds. The number of nitrogens with one attached hydrogen (secondary N) is 1. The highest BCUT2D eigenvalue weighted by Gasteiger charge is 2.23. The molecule has 0 radical (unpaired) electrons. The number of halogens is 1. The van der Waals surface area contributed by atoms with Crippen molar-refractivity contribution in [2.75, 3.05) is 33.4 Å². The largest absolute Gasteiger partial charge is 0.376 e. The van der Waals surface area contributed by atoms with E-state index in [1.165, 1.54) is 12.8 Å². The first-order chi connectivity index (χ1) is 14.8. The number of piperidine rings is 1. The van der Waals surface area contributed by atoms with Gasteiger partial charge in [-0.2, -0.15) is 0 Å². The van der Waals surface area contributed by atoms with Crippen LogP contribution in [0.5, 0.6) is 0 Å². The molecule has 0 bridgehead atoms. The number of aliphatic imine (C=N–C) groups is 1. The number of guanidine groups is 1. The zero-order valence-corrected chi connectivity index (χ0v) is 21.3. The maximum atomic E-state index is 6.14. The van der Waals surface area contributed by atoms with Crippen LogP contribution in [0.25, 0.3) is 11.3 Å². The second-order valence-corrected chi connectivity index (χ2v) is 8.84. The first-order valence-corrected chi connectivity index (χ1v) is 11.9. The molecule has 0 saturated carbocycles. The Labute approximate surface area is 206 Å². The van der Waals surface area contributed by atoms with Crippen LogP contribution in [0.1, 0.15) is 37.1 Å². The van der Waals surface area contributed by atoms with Crippen molar-refractivity contribution < 1.29 is 9.47 Å². The van der Waals surface area contributed by atoms with Crippen LogP contribution >= 0.6 is 35.3 Å². The van der Waals surface area contributed by atoms with Crippen LogP contribution in [0.15, 0.2) is 40.7 Å². The number of nitrogens with zero attached hydrogens (tertiary/aromatic N) is 3. The summed E-state index contributed by atoms with van der Waals surface area (Å²) in [7, 11) is 1.85. The SMILES string of the molecule is CN=C(NCc1nc(-c2ccccc2)cs1)N1CCC(OCC2CCCCO2)CC1.I. The zero-order valence-electron chi connectivity index (χ0n) is 18.2. The van der Waals surface area contributed by atoms with Crippen molar-refractivity contribution >= 4 is 41.3 Å². The summed E-state index contributed by atoms with van der Waals surface area (Å²) in [6.45, 7) is 4.25. The summed E-state index contributed by atoms with van der Waals surface area (Å²) in [6.07, 6.45) is 6.28.